The minimum atomic E-state index is 0.224. The van der Waals surface area contributed by atoms with Crippen LogP contribution in [0, 0.1) is 11.3 Å². The summed E-state index contributed by atoms with van der Waals surface area (Å²) in [5.41, 5.74) is 0.990. The molecule has 0 amide bonds. The second-order valence-corrected chi connectivity index (χ2v) is 4.66. The van der Waals surface area contributed by atoms with E-state index in [1.165, 1.54) is 6.20 Å². The number of H-pyrrole nitrogens is 1. The molecular weight excluding hydrogens is 308 g/mol. The lowest BCUT2D eigenvalue weighted by Crippen LogP contribution is -2.09. The number of benzene rings is 1. The summed E-state index contributed by atoms with van der Waals surface area (Å²) in [6.07, 6.45) is 5.11. The maximum atomic E-state index is 9.17. The van der Waals surface area contributed by atoms with Gasteiger partial charge in [0.15, 0.2) is 0 Å². The van der Waals surface area contributed by atoms with Crippen molar-refractivity contribution in [2.45, 2.75) is 6.54 Å². The zero-order valence-corrected chi connectivity index (χ0v) is 12.6. The van der Waals surface area contributed by atoms with Crippen molar-refractivity contribution < 1.29 is 4.74 Å². The fourth-order valence-electron chi connectivity index (χ4n) is 1.97. The Morgan fingerprint density at radius 1 is 1.38 bits per heavy atom. The molecule has 0 aliphatic heterocycles. The van der Waals surface area contributed by atoms with E-state index in [1.54, 1.807) is 10.9 Å². The Morgan fingerprint density at radius 2 is 2.29 bits per heavy atom. The number of nitriles is 1. The number of para-hydroxylation sites is 2. The van der Waals surface area contributed by atoms with Gasteiger partial charge in [0.05, 0.1) is 12.2 Å². The molecule has 0 saturated carbocycles. The van der Waals surface area contributed by atoms with Crippen LogP contribution in [0.15, 0.2) is 48.9 Å². The van der Waals surface area contributed by atoms with Gasteiger partial charge in [0.1, 0.15) is 24.0 Å². The van der Waals surface area contributed by atoms with Crippen LogP contribution in [0.25, 0.3) is 5.57 Å². The summed E-state index contributed by atoms with van der Waals surface area (Å²) in [4.78, 5) is 0. The molecule has 24 heavy (non-hydrogen) atoms. The number of nitrogens with one attached hydrogen (secondary N) is 2. The molecule has 0 bridgehead atoms. The van der Waals surface area contributed by atoms with Gasteiger partial charge in [-0.3, -0.25) is 4.68 Å². The molecule has 2 heterocycles. The second kappa shape index (κ2) is 7.55. The molecule has 0 aliphatic carbocycles. The minimum absolute atomic E-state index is 0.224. The number of allylic oxidation sites excluding steroid dienone is 1. The molecule has 120 valence electrons. The Morgan fingerprint density at radius 3 is 3.04 bits per heavy atom. The van der Waals surface area contributed by atoms with E-state index in [1.807, 2.05) is 42.6 Å². The van der Waals surface area contributed by atoms with E-state index in [9.17, 15) is 5.26 Å². The smallest absolute Gasteiger partial charge is 0.216 e. The standard InChI is InChI=1S/C15H14N8O/c16-10-12(15-19-21-22-20-15)11-17-13-4-1-2-5-14(13)24-9-8-23-7-3-6-18-23/h1-7,11,17H,8-9H2,(H,19,20,21,22). The second-order valence-electron chi connectivity index (χ2n) is 4.66. The van der Waals surface area contributed by atoms with E-state index in [4.69, 9.17) is 4.74 Å². The van der Waals surface area contributed by atoms with Crippen molar-refractivity contribution in [3.8, 4) is 11.8 Å². The number of anilines is 1. The van der Waals surface area contributed by atoms with Crippen LogP contribution in [0.1, 0.15) is 5.82 Å². The van der Waals surface area contributed by atoms with Crippen LogP contribution in [-0.2, 0) is 6.54 Å². The quantitative estimate of drug-likeness (QED) is 0.632. The molecule has 3 aromatic rings. The largest absolute Gasteiger partial charge is 0.489 e. The van der Waals surface area contributed by atoms with Gasteiger partial charge in [0, 0.05) is 18.6 Å². The monoisotopic (exact) mass is 322 g/mol. The number of hydrogen-bond acceptors (Lipinski definition) is 7. The fraction of sp³-hybridized carbons (Fsp3) is 0.133. The summed E-state index contributed by atoms with van der Waals surface area (Å²) in [7, 11) is 0. The summed E-state index contributed by atoms with van der Waals surface area (Å²) in [5.74, 6) is 0.897. The van der Waals surface area contributed by atoms with E-state index < -0.39 is 0 Å². The normalized spacial score (nSPS) is 11.0. The summed E-state index contributed by atoms with van der Waals surface area (Å²) < 4.78 is 7.57. The maximum Gasteiger partial charge on any atom is 0.216 e. The van der Waals surface area contributed by atoms with Gasteiger partial charge < -0.3 is 10.1 Å². The van der Waals surface area contributed by atoms with Gasteiger partial charge in [-0.1, -0.05) is 12.1 Å². The molecule has 0 fully saturated rings. The summed E-state index contributed by atoms with van der Waals surface area (Å²) in [6, 6.07) is 11.3. The molecule has 0 radical (unpaired) electrons. The van der Waals surface area contributed by atoms with Gasteiger partial charge in [-0.05, 0) is 23.4 Å². The lowest BCUT2D eigenvalue weighted by Gasteiger charge is -2.11. The molecule has 0 saturated heterocycles. The first-order valence-corrected chi connectivity index (χ1v) is 7.16. The molecule has 0 atom stereocenters. The lowest BCUT2D eigenvalue weighted by molar-refractivity contribution is 0.292. The van der Waals surface area contributed by atoms with E-state index in [0.29, 0.717) is 18.9 Å². The van der Waals surface area contributed by atoms with Gasteiger partial charge in [0.2, 0.25) is 5.82 Å². The van der Waals surface area contributed by atoms with Crippen LogP contribution in [0.2, 0.25) is 0 Å². The molecule has 2 aromatic heterocycles. The Kier molecular flexibility index (Phi) is 4.79. The van der Waals surface area contributed by atoms with Crippen LogP contribution in [0.4, 0.5) is 5.69 Å². The number of hydrogen-bond donors (Lipinski definition) is 2. The minimum Gasteiger partial charge on any atom is -0.489 e. The molecule has 1 aromatic carbocycles. The molecule has 3 rings (SSSR count). The Balaban J connectivity index is 1.66. The number of aromatic nitrogens is 6. The first-order valence-electron chi connectivity index (χ1n) is 7.16. The third-order valence-corrected chi connectivity index (χ3v) is 3.10. The fourth-order valence-corrected chi connectivity index (χ4v) is 1.97. The highest BCUT2D eigenvalue weighted by Crippen LogP contribution is 2.24. The maximum absolute atomic E-state index is 9.17. The third-order valence-electron chi connectivity index (χ3n) is 3.10. The summed E-state index contributed by atoms with van der Waals surface area (Å²) >= 11 is 0. The molecule has 9 nitrogen and oxygen atoms in total. The number of ether oxygens (including phenoxy) is 1. The topological polar surface area (TPSA) is 117 Å². The Labute approximate surface area is 137 Å². The predicted octanol–water partition coefficient (Wildman–Crippen LogP) is 1.45. The van der Waals surface area contributed by atoms with E-state index in [2.05, 4.69) is 31.0 Å². The van der Waals surface area contributed by atoms with Crippen molar-refractivity contribution in [1.29, 1.82) is 5.26 Å². The predicted molar refractivity (Wildman–Crippen MR) is 85.6 cm³/mol. The zero-order chi connectivity index (χ0) is 16.6. The molecule has 0 spiro atoms. The zero-order valence-electron chi connectivity index (χ0n) is 12.6. The van der Waals surface area contributed by atoms with Crippen LogP contribution in [0.3, 0.4) is 0 Å². The van der Waals surface area contributed by atoms with Crippen molar-refractivity contribution >= 4 is 11.3 Å². The summed E-state index contributed by atoms with van der Waals surface area (Å²) in [5, 5.41) is 29.6. The van der Waals surface area contributed by atoms with Crippen molar-refractivity contribution in [2.24, 2.45) is 0 Å². The highest BCUT2D eigenvalue weighted by atomic mass is 16.5. The van der Waals surface area contributed by atoms with Gasteiger partial charge in [-0.25, -0.2) is 0 Å². The van der Waals surface area contributed by atoms with Crippen LogP contribution in [0.5, 0.6) is 5.75 Å². The lowest BCUT2D eigenvalue weighted by atomic mass is 10.2. The average Bonchev–Trinajstić information content (AvgIpc) is 3.30. The first kappa shape index (κ1) is 15.2. The molecule has 0 unspecified atom stereocenters. The van der Waals surface area contributed by atoms with Crippen LogP contribution in [-0.4, -0.2) is 37.0 Å². The number of nitrogens with zero attached hydrogens (tertiary/aromatic N) is 6. The van der Waals surface area contributed by atoms with Crippen molar-refractivity contribution in [1.82, 2.24) is 30.4 Å². The van der Waals surface area contributed by atoms with E-state index in [0.717, 1.165) is 5.69 Å². The van der Waals surface area contributed by atoms with Gasteiger partial charge >= 0.3 is 0 Å². The average molecular weight is 322 g/mol. The number of rotatable bonds is 7. The highest BCUT2D eigenvalue weighted by Gasteiger charge is 2.07. The first-order chi connectivity index (χ1) is 11.9. The van der Waals surface area contributed by atoms with Crippen molar-refractivity contribution in [3.63, 3.8) is 0 Å². The Hall–Kier alpha value is -3.67. The van der Waals surface area contributed by atoms with Crippen LogP contribution < -0.4 is 10.1 Å². The van der Waals surface area contributed by atoms with Gasteiger partial charge in [-0.2, -0.15) is 15.6 Å². The van der Waals surface area contributed by atoms with E-state index >= 15 is 0 Å². The number of aromatic amines is 1. The molecule has 0 aliphatic rings. The molecule has 9 heteroatoms. The van der Waals surface area contributed by atoms with Crippen molar-refractivity contribution in [2.75, 3.05) is 11.9 Å². The molecule has 2 N–H and O–H groups in total. The summed E-state index contributed by atoms with van der Waals surface area (Å²) in [6.45, 7) is 1.11. The van der Waals surface area contributed by atoms with Gasteiger partial charge in [0.25, 0.3) is 0 Å². The Bertz CT molecular complexity index is 833. The third kappa shape index (κ3) is 3.75. The number of tetrazole rings is 1. The van der Waals surface area contributed by atoms with E-state index in [-0.39, 0.29) is 11.4 Å². The van der Waals surface area contributed by atoms with Crippen LogP contribution >= 0.6 is 0 Å². The SMILES string of the molecule is N#CC(=CNc1ccccc1OCCn1cccn1)c1nn[nH]n1. The highest BCUT2D eigenvalue weighted by molar-refractivity contribution is 5.74. The van der Waals surface area contributed by atoms with Gasteiger partial charge in [-0.15, -0.1) is 10.2 Å². The van der Waals surface area contributed by atoms with Crippen molar-refractivity contribution in [3.05, 3.63) is 54.7 Å². The molecular formula is C15H14N8O.